The van der Waals surface area contributed by atoms with Gasteiger partial charge in [0.2, 0.25) is 15.9 Å². The fourth-order valence-electron chi connectivity index (χ4n) is 2.80. The molecule has 0 aliphatic heterocycles. The fourth-order valence-corrected chi connectivity index (χ4v) is 5.35. The first kappa shape index (κ1) is 19.5. The summed E-state index contributed by atoms with van der Waals surface area (Å²) in [7, 11) is -2.30. The monoisotopic (exact) mass is 408 g/mol. The number of hydrogen-bond donors (Lipinski definition) is 1. The summed E-state index contributed by atoms with van der Waals surface area (Å²) < 4.78 is 33.5. The van der Waals surface area contributed by atoms with Crippen LogP contribution in [-0.2, 0) is 21.4 Å². The zero-order chi connectivity index (χ0) is 19.8. The van der Waals surface area contributed by atoms with E-state index in [0.717, 1.165) is 15.2 Å². The van der Waals surface area contributed by atoms with E-state index in [9.17, 15) is 13.2 Å². The predicted octanol–water partition coefficient (Wildman–Crippen LogP) is 2.23. The Balaban J connectivity index is 1.70. The highest BCUT2D eigenvalue weighted by Crippen LogP contribution is 2.23. The summed E-state index contributed by atoms with van der Waals surface area (Å²) in [5.41, 5.74) is 1.13. The van der Waals surface area contributed by atoms with E-state index in [0.29, 0.717) is 6.54 Å². The molecule has 1 N–H and O–H groups in total. The molecule has 10 heteroatoms. The Kier molecular flexibility index (Phi) is 5.31. The summed E-state index contributed by atoms with van der Waals surface area (Å²) in [6, 6.07) is 6.79. The summed E-state index contributed by atoms with van der Waals surface area (Å²) in [6.45, 7) is 4.86. The second kappa shape index (κ2) is 7.37. The van der Waals surface area contributed by atoms with Crippen molar-refractivity contribution in [2.24, 2.45) is 0 Å². The van der Waals surface area contributed by atoms with Gasteiger partial charge in [-0.2, -0.15) is 4.72 Å². The van der Waals surface area contributed by atoms with Gasteiger partial charge in [-0.05, 0) is 32.9 Å². The van der Waals surface area contributed by atoms with Crippen LogP contribution in [0, 0.1) is 13.8 Å². The summed E-state index contributed by atoms with van der Waals surface area (Å²) >= 11 is 1.51. The van der Waals surface area contributed by atoms with Crippen LogP contribution in [0.2, 0.25) is 0 Å². The third kappa shape index (κ3) is 4.02. The molecule has 2 aromatic heterocycles. The highest BCUT2D eigenvalue weighted by Gasteiger charge is 2.29. The van der Waals surface area contributed by atoms with Crippen molar-refractivity contribution in [3.63, 3.8) is 0 Å². The SMILES string of the molecule is Cc1noc(C)c1S(=O)(=O)N[C@@H](C)C(=O)N(C)Cc1nc2ccccc2s1. The number of thiazole rings is 1. The standard InChI is InChI=1S/C17H20N4O4S2/c1-10-16(12(3)25-19-10)27(23,24)20-11(2)17(22)21(4)9-15-18-13-7-5-6-8-14(13)26-15/h5-8,11,20H,9H2,1-4H3/t11-/m0/s1. The molecule has 0 radical (unpaired) electrons. The van der Waals surface area contributed by atoms with E-state index in [-0.39, 0.29) is 22.3 Å². The lowest BCUT2D eigenvalue weighted by atomic mass is 10.3. The number of sulfonamides is 1. The van der Waals surface area contributed by atoms with Crippen LogP contribution in [0.25, 0.3) is 10.2 Å². The lowest BCUT2D eigenvalue weighted by Gasteiger charge is -2.21. The number of aryl methyl sites for hydroxylation is 2. The molecule has 3 aromatic rings. The second-order valence-corrected chi connectivity index (χ2v) is 9.03. The minimum absolute atomic E-state index is 0.0315. The van der Waals surface area contributed by atoms with Crippen molar-refractivity contribution in [1.29, 1.82) is 0 Å². The van der Waals surface area contributed by atoms with Crippen LogP contribution in [-0.4, -0.2) is 42.5 Å². The van der Waals surface area contributed by atoms with Crippen LogP contribution >= 0.6 is 11.3 Å². The van der Waals surface area contributed by atoms with Crippen LogP contribution in [0.15, 0.2) is 33.7 Å². The molecule has 0 spiro atoms. The molecule has 0 saturated carbocycles. The summed E-state index contributed by atoms with van der Waals surface area (Å²) in [6.07, 6.45) is 0. The van der Waals surface area contributed by atoms with E-state index in [4.69, 9.17) is 4.52 Å². The highest BCUT2D eigenvalue weighted by atomic mass is 32.2. The maximum Gasteiger partial charge on any atom is 0.246 e. The molecule has 27 heavy (non-hydrogen) atoms. The molecule has 0 unspecified atom stereocenters. The third-order valence-electron chi connectivity index (χ3n) is 4.03. The summed E-state index contributed by atoms with van der Waals surface area (Å²) in [4.78, 5) is 18.5. The molecular weight excluding hydrogens is 388 g/mol. The number of carbonyl (C=O) groups is 1. The Morgan fingerprint density at radius 3 is 2.67 bits per heavy atom. The van der Waals surface area contributed by atoms with Gasteiger partial charge in [0.05, 0.1) is 22.8 Å². The van der Waals surface area contributed by atoms with Crippen LogP contribution < -0.4 is 4.72 Å². The van der Waals surface area contributed by atoms with Gasteiger partial charge in [-0.15, -0.1) is 11.3 Å². The molecular formula is C17H20N4O4S2. The van der Waals surface area contributed by atoms with Gasteiger partial charge >= 0.3 is 0 Å². The first-order valence-electron chi connectivity index (χ1n) is 8.23. The number of nitrogens with zero attached hydrogens (tertiary/aromatic N) is 3. The molecule has 1 atom stereocenters. The Hall–Kier alpha value is -2.30. The molecule has 2 heterocycles. The fraction of sp³-hybridized carbons (Fsp3) is 0.353. The maximum absolute atomic E-state index is 12.6. The van der Waals surface area contributed by atoms with Crippen LogP contribution in [0.1, 0.15) is 23.4 Å². The van der Waals surface area contributed by atoms with Crippen LogP contribution in [0.3, 0.4) is 0 Å². The number of likely N-dealkylation sites (N-methyl/N-ethyl adjacent to an activating group) is 1. The van der Waals surface area contributed by atoms with Gasteiger partial charge in [0.25, 0.3) is 0 Å². The normalized spacial score (nSPS) is 13.0. The minimum Gasteiger partial charge on any atom is -0.360 e. The maximum atomic E-state index is 12.6. The first-order chi connectivity index (χ1) is 12.7. The van der Waals surface area contributed by atoms with Gasteiger partial charge in [0.1, 0.15) is 15.6 Å². The highest BCUT2D eigenvalue weighted by molar-refractivity contribution is 7.89. The van der Waals surface area contributed by atoms with E-state index in [1.54, 1.807) is 7.05 Å². The molecule has 0 saturated heterocycles. The topological polar surface area (TPSA) is 105 Å². The van der Waals surface area contributed by atoms with Crippen LogP contribution in [0.5, 0.6) is 0 Å². The lowest BCUT2D eigenvalue weighted by molar-refractivity contribution is -0.131. The van der Waals surface area contributed by atoms with Crippen molar-refractivity contribution in [3.05, 3.63) is 40.7 Å². The van der Waals surface area contributed by atoms with Crippen molar-refractivity contribution in [2.45, 2.75) is 38.3 Å². The number of nitrogens with one attached hydrogen (secondary N) is 1. The van der Waals surface area contributed by atoms with Crippen LogP contribution in [0.4, 0.5) is 0 Å². The van der Waals surface area contributed by atoms with Crippen molar-refractivity contribution in [1.82, 2.24) is 19.8 Å². The smallest absolute Gasteiger partial charge is 0.246 e. The Morgan fingerprint density at radius 2 is 2.04 bits per heavy atom. The zero-order valence-corrected chi connectivity index (χ0v) is 17.0. The number of aromatic nitrogens is 2. The van der Waals surface area contributed by atoms with Crippen molar-refractivity contribution in [3.8, 4) is 0 Å². The number of benzene rings is 1. The Labute approximate surface area is 161 Å². The van der Waals surface area contributed by atoms with Crippen molar-refractivity contribution < 1.29 is 17.7 Å². The van der Waals surface area contributed by atoms with Gasteiger partial charge in [-0.3, -0.25) is 4.79 Å². The van der Waals surface area contributed by atoms with Gasteiger partial charge in [0.15, 0.2) is 5.76 Å². The first-order valence-corrected chi connectivity index (χ1v) is 10.5. The largest absolute Gasteiger partial charge is 0.360 e. The molecule has 0 bridgehead atoms. The molecule has 0 fully saturated rings. The summed E-state index contributed by atoms with van der Waals surface area (Å²) in [5, 5.41) is 4.43. The summed E-state index contributed by atoms with van der Waals surface area (Å²) in [5.74, 6) is -0.174. The van der Waals surface area contributed by atoms with E-state index >= 15 is 0 Å². The molecule has 0 aliphatic rings. The minimum atomic E-state index is -3.92. The quantitative estimate of drug-likeness (QED) is 0.670. The van der Waals surface area contributed by atoms with Gasteiger partial charge in [0, 0.05) is 7.05 Å². The zero-order valence-electron chi connectivity index (χ0n) is 15.4. The molecule has 144 valence electrons. The molecule has 1 aromatic carbocycles. The third-order valence-corrected chi connectivity index (χ3v) is 6.83. The van der Waals surface area contributed by atoms with E-state index in [1.165, 1.54) is 37.0 Å². The number of amides is 1. The number of rotatable bonds is 6. The number of fused-ring (bicyclic) bond motifs is 1. The second-order valence-electron chi connectivity index (χ2n) is 6.27. The van der Waals surface area contributed by atoms with Gasteiger partial charge < -0.3 is 9.42 Å². The number of carbonyl (C=O) groups excluding carboxylic acids is 1. The average Bonchev–Trinajstić information content (AvgIpc) is 3.15. The van der Waals surface area contributed by atoms with Crippen molar-refractivity contribution >= 4 is 37.5 Å². The average molecular weight is 409 g/mol. The lowest BCUT2D eigenvalue weighted by Crippen LogP contribution is -2.45. The van der Waals surface area contributed by atoms with Gasteiger partial charge in [-0.25, -0.2) is 13.4 Å². The van der Waals surface area contributed by atoms with E-state index < -0.39 is 16.1 Å². The molecule has 3 rings (SSSR count). The van der Waals surface area contributed by atoms with Crippen molar-refractivity contribution in [2.75, 3.05) is 7.05 Å². The van der Waals surface area contributed by atoms with Gasteiger partial charge in [-0.1, -0.05) is 17.3 Å². The number of hydrogen-bond acceptors (Lipinski definition) is 7. The molecule has 8 nitrogen and oxygen atoms in total. The van der Waals surface area contributed by atoms with E-state index in [2.05, 4.69) is 14.9 Å². The molecule has 1 amide bonds. The number of para-hydroxylation sites is 1. The Bertz CT molecular complexity index is 1030. The van der Waals surface area contributed by atoms with E-state index in [1.807, 2.05) is 24.3 Å². The predicted molar refractivity (Wildman–Crippen MR) is 102 cm³/mol. The molecule has 0 aliphatic carbocycles. The Morgan fingerprint density at radius 1 is 1.33 bits per heavy atom.